The monoisotopic (exact) mass is 344 g/mol. The van der Waals surface area contributed by atoms with Crippen LogP contribution in [0.2, 0.25) is 0 Å². The smallest absolute Gasteiger partial charge is 0.408 e. The van der Waals surface area contributed by atoms with Gasteiger partial charge in [-0.2, -0.15) is 0 Å². The number of benzene rings is 1. The summed E-state index contributed by atoms with van der Waals surface area (Å²) in [5.41, 5.74) is 1.40. The average molecular weight is 344 g/mol. The summed E-state index contributed by atoms with van der Waals surface area (Å²) in [5.74, 6) is -0.977. The number of nitrogens with one attached hydrogen (secondary N) is 3. The van der Waals surface area contributed by atoms with Crippen molar-refractivity contribution in [2.75, 3.05) is 10.6 Å². The zero-order valence-electron chi connectivity index (χ0n) is 13.6. The lowest BCUT2D eigenvalue weighted by Gasteiger charge is -2.05. The first-order valence-corrected chi connectivity index (χ1v) is 7.54. The number of fused-ring (bicyclic) bond motifs is 1. The second-order valence-corrected chi connectivity index (χ2v) is 5.72. The molecule has 0 aliphatic carbocycles. The van der Waals surface area contributed by atoms with E-state index in [2.05, 4.69) is 25.9 Å². The van der Waals surface area contributed by atoms with Crippen molar-refractivity contribution in [1.82, 2.24) is 20.0 Å². The summed E-state index contributed by atoms with van der Waals surface area (Å²) < 4.78 is 6.20. The Morgan fingerprint density at radius 3 is 2.88 bits per heavy atom. The summed E-state index contributed by atoms with van der Waals surface area (Å²) >= 11 is 0. The summed E-state index contributed by atoms with van der Waals surface area (Å²) in [6.45, 7) is 3.44. The minimum absolute atomic E-state index is 0.0789. The fourth-order valence-corrected chi connectivity index (χ4v) is 2.08. The number of amides is 2. The lowest BCUT2D eigenvalue weighted by Crippen LogP contribution is -2.19. The van der Waals surface area contributed by atoms with Crippen molar-refractivity contribution in [3.63, 3.8) is 0 Å². The molecule has 2 aromatic heterocycles. The number of nitrogens with zero attached hydrogens (tertiary/aromatic N) is 3. The predicted molar refractivity (Wildman–Crippen MR) is 89.0 cm³/mol. The molecule has 10 heteroatoms. The Hall–Kier alpha value is -3.43. The summed E-state index contributed by atoms with van der Waals surface area (Å²) in [6.07, 6.45) is 1.47. The Morgan fingerprint density at radius 2 is 2.12 bits per heavy atom. The number of aromatic amines is 1. The van der Waals surface area contributed by atoms with Crippen LogP contribution in [0, 0.1) is 5.92 Å². The van der Waals surface area contributed by atoms with Gasteiger partial charge in [-0.15, -0.1) is 5.10 Å². The van der Waals surface area contributed by atoms with E-state index in [1.807, 2.05) is 0 Å². The molecule has 0 atom stereocenters. The zero-order valence-corrected chi connectivity index (χ0v) is 13.6. The maximum absolute atomic E-state index is 12.1. The van der Waals surface area contributed by atoms with Gasteiger partial charge >= 0.3 is 5.76 Å². The third-order valence-electron chi connectivity index (χ3n) is 3.32. The molecule has 130 valence electrons. The van der Waals surface area contributed by atoms with Crippen LogP contribution in [-0.4, -0.2) is 31.8 Å². The summed E-state index contributed by atoms with van der Waals surface area (Å²) in [7, 11) is 0. The van der Waals surface area contributed by atoms with Crippen molar-refractivity contribution in [1.29, 1.82) is 0 Å². The standard InChI is InChI=1S/C15H16N6O4/c1-8(2)14(23)18-12-6-21(20-19-12)7-13(22)16-9-3-4-11-10(5-9)17-15(24)25-11/h3-6,8H,7H2,1-2H3,(H,16,22)(H,17,24)(H,18,23). The molecule has 3 aromatic rings. The Bertz CT molecular complexity index is 983. The SMILES string of the molecule is CC(C)C(=O)Nc1cn(CC(=O)Nc2ccc3oc(=O)[nH]c3c2)nn1. The number of aromatic nitrogens is 4. The minimum Gasteiger partial charge on any atom is -0.408 e. The first-order chi connectivity index (χ1) is 11.9. The summed E-state index contributed by atoms with van der Waals surface area (Å²) in [6, 6.07) is 4.79. The Labute approximate surface area is 141 Å². The van der Waals surface area contributed by atoms with E-state index in [4.69, 9.17) is 4.42 Å². The van der Waals surface area contributed by atoms with Crippen LogP contribution >= 0.6 is 0 Å². The predicted octanol–water partition coefficient (Wildman–Crippen LogP) is 0.946. The van der Waals surface area contributed by atoms with E-state index in [0.29, 0.717) is 16.8 Å². The van der Waals surface area contributed by atoms with Crippen LogP contribution in [0.3, 0.4) is 0 Å². The third-order valence-corrected chi connectivity index (χ3v) is 3.32. The molecule has 0 saturated heterocycles. The van der Waals surface area contributed by atoms with Gasteiger partial charge in [0.15, 0.2) is 11.4 Å². The van der Waals surface area contributed by atoms with Crippen molar-refractivity contribution in [2.24, 2.45) is 5.92 Å². The number of oxazole rings is 1. The first-order valence-electron chi connectivity index (χ1n) is 7.54. The number of anilines is 2. The number of carbonyl (C=O) groups excluding carboxylic acids is 2. The number of H-pyrrole nitrogens is 1. The highest BCUT2D eigenvalue weighted by molar-refractivity contribution is 5.93. The van der Waals surface area contributed by atoms with Gasteiger partial charge in [0, 0.05) is 11.6 Å². The van der Waals surface area contributed by atoms with Crippen molar-refractivity contribution < 1.29 is 14.0 Å². The van der Waals surface area contributed by atoms with Gasteiger partial charge in [-0.25, -0.2) is 9.48 Å². The number of hydrogen-bond donors (Lipinski definition) is 3. The van der Waals surface area contributed by atoms with Crippen molar-refractivity contribution in [3.8, 4) is 0 Å². The molecule has 0 radical (unpaired) electrons. The van der Waals surface area contributed by atoms with Gasteiger partial charge in [-0.1, -0.05) is 19.1 Å². The molecule has 3 rings (SSSR count). The highest BCUT2D eigenvalue weighted by atomic mass is 16.4. The van der Waals surface area contributed by atoms with Crippen LogP contribution in [-0.2, 0) is 16.1 Å². The number of carbonyl (C=O) groups is 2. The lowest BCUT2D eigenvalue weighted by atomic mass is 10.2. The molecule has 0 aliphatic heterocycles. The van der Waals surface area contributed by atoms with Crippen molar-refractivity contribution in [2.45, 2.75) is 20.4 Å². The summed E-state index contributed by atoms with van der Waals surface area (Å²) in [4.78, 5) is 37.3. The van der Waals surface area contributed by atoms with Crippen LogP contribution < -0.4 is 16.4 Å². The molecule has 0 aliphatic rings. The number of rotatable bonds is 5. The van der Waals surface area contributed by atoms with E-state index in [1.54, 1.807) is 32.0 Å². The van der Waals surface area contributed by atoms with Crippen LogP contribution in [0.1, 0.15) is 13.8 Å². The molecule has 3 N–H and O–H groups in total. The van der Waals surface area contributed by atoms with Gasteiger partial charge < -0.3 is 15.1 Å². The molecular formula is C15H16N6O4. The Morgan fingerprint density at radius 1 is 1.32 bits per heavy atom. The zero-order chi connectivity index (χ0) is 18.0. The van der Waals surface area contributed by atoms with E-state index < -0.39 is 5.76 Å². The van der Waals surface area contributed by atoms with Crippen LogP contribution in [0.5, 0.6) is 0 Å². The molecule has 2 amide bonds. The molecule has 0 unspecified atom stereocenters. The van der Waals surface area contributed by atoms with Crippen LogP contribution in [0.25, 0.3) is 11.1 Å². The van der Waals surface area contributed by atoms with E-state index in [9.17, 15) is 14.4 Å². The molecule has 1 aromatic carbocycles. The van der Waals surface area contributed by atoms with Gasteiger partial charge in [-0.05, 0) is 18.2 Å². The normalized spacial score (nSPS) is 11.0. The maximum Gasteiger partial charge on any atom is 0.417 e. The van der Waals surface area contributed by atoms with Crippen molar-refractivity contribution in [3.05, 3.63) is 34.9 Å². The summed E-state index contributed by atoms with van der Waals surface area (Å²) in [5, 5.41) is 12.9. The second kappa shape index (κ2) is 6.59. The van der Waals surface area contributed by atoms with E-state index in [1.165, 1.54) is 10.9 Å². The molecule has 0 spiro atoms. The fourth-order valence-electron chi connectivity index (χ4n) is 2.08. The van der Waals surface area contributed by atoms with E-state index in [-0.39, 0.29) is 30.1 Å². The van der Waals surface area contributed by atoms with Gasteiger partial charge in [0.2, 0.25) is 11.8 Å². The maximum atomic E-state index is 12.1. The highest BCUT2D eigenvalue weighted by Crippen LogP contribution is 2.16. The van der Waals surface area contributed by atoms with Crippen molar-refractivity contribution >= 4 is 34.4 Å². The lowest BCUT2D eigenvalue weighted by molar-refractivity contribution is -0.119. The molecule has 0 bridgehead atoms. The first kappa shape index (κ1) is 16.4. The fraction of sp³-hybridized carbons (Fsp3) is 0.267. The Balaban J connectivity index is 1.62. The average Bonchev–Trinajstić information content (AvgIpc) is 3.11. The van der Waals surface area contributed by atoms with E-state index in [0.717, 1.165) is 0 Å². The molecule has 2 heterocycles. The molecule has 10 nitrogen and oxygen atoms in total. The molecule has 0 fully saturated rings. The molecule has 25 heavy (non-hydrogen) atoms. The van der Waals surface area contributed by atoms with Crippen LogP contribution in [0.15, 0.2) is 33.6 Å². The van der Waals surface area contributed by atoms with Crippen LogP contribution in [0.4, 0.5) is 11.5 Å². The van der Waals surface area contributed by atoms with Gasteiger partial charge in [0.1, 0.15) is 6.54 Å². The van der Waals surface area contributed by atoms with Gasteiger partial charge in [-0.3, -0.25) is 14.6 Å². The largest absolute Gasteiger partial charge is 0.417 e. The Kier molecular flexibility index (Phi) is 4.33. The molecular weight excluding hydrogens is 328 g/mol. The topological polar surface area (TPSA) is 135 Å². The third kappa shape index (κ3) is 3.91. The molecule has 0 saturated carbocycles. The van der Waals surface area contributed by atoms with Gasteiger partial charge in [0.25, 0.3) is 0 Å². The highest BCUT2D eigenvalue weighted by Gasteiger charge is 2.11. The van der Waals surface area contributed by atoms with E-state index >= 15 is 0 Å². The minimum atomic E-state index is -0.558. The second-order valence-electron chi connectivity index (χ2n) is 5.72. The van der Waals surface area contributed by atoms with Gasteiger partial charge in [0.05, 0.1) is 11.7 Å². The quantitative estimate of drug-likeness (QED) is 0.630. The number of hydrogen-bond acceptors (Lipinski definition) is 6.